The average Bonchev–Trinajstić information content (AvgIpc) is 3.02. The summed E-state index contributed by atoms with van der Waals surface area (Å²) in [4.78, 5) is 43.0. The highest BCUT2D eigenvalue weighted by Crippen LogP contribution is 2.32. The van der Waals surface area contributed by atoms with Gasteiger partial charge in [0.05, 0.1) is 44.5 Å². The number of methoxy groups -OCH3 is 1. The number of nitrogens with zero attached hydrogens (tertiary/aromatic N) is 2. The molecule has 0 aliphatic carbocycles. The molecule has 2 aromatic rings. The van der Waals surface area contributed by atoms with Gasteiger partial charge in [-0.3, -0.25) is 19.3 Å². The van der Waals surface area contributed by atoms with E-state index in [-0.39, 0.29) is 49.0 Å². The Morgan fingerprint density at radius 2 is 1.93 bits per heavy atom. The van der Waals surface area contributed by atoms with E-state index in [1.165, 1.54) is 0 Å². The van der Waals surface area contributed by atoms with E-state index in [0.717, 1.165) is 39.3 Å². The molecule has 3 aliphatic rings. The van der Waals surface area contributed by atoms with Gasteiger partial charge in [-0.25, -0.2) is 0 Å². The number of hydrogen-bond acceptors (Lipinski definition) is 8. The molecule has 0 radical (unpaired) electrons. The minimum atomic E-state index is -0.354. The van der Waals surface area contributed by atoms with Crippen LogP contribution in [0.1, 0.15) is 46.4 Å². The number of morpholine rings is 1. The maximum absolute atomic E-state index is 13.5. The SMILES string of the molecule is COc1cccc(C(=O)Nc2ccc3c(c2)C(=O)N(C)[C@@H]2CC[C@@H](CC(=O)NCCCN4CCOCC4)O[C@@H]2CO3)c1. The van der Waals surface area contributed by atoms with Crippen molar-refractivity contribution in [3.63, 3.8) is 0 Å². The third-order valence-corrected chi connectivity index (χ3v) is 8.09. The predicted molar refractivity (Wildman–Crippen MR) is 156 cm³/mol. The molecule has 226 valence electrons. The van der Waals surface area contributed by atoms with Crippen molar-refractivity contribution >= 4 is 23.4 Å². The van der Waals surface area contributed by atoms with Crippen LogP contribution in [0.3, 0.4) is 0 Å². The highest BCUT2D eigenvalue weighted by Gasteiger charge is 2.39. The number of anilines is 1. The van der Waals surface area contributed by atoms with Gasteiger partial charge in [0, 0.05) is 37.9 Å². The number of likely N-dealkylation sites (N-methyl/N-ethyl adjacent to an activating group) is 1. The molecule has 0 bridgehead atoms. The molecule has 3 heterocycles. The van der Waals surface area contributed by atoms with Crippen LogP contribution < -0.4 is 20.1 Å². The van der Waals surface area contributed by atoms with E-state index in [9.17, 15) is 14.4 Å². The number of carbonyl (C=O) groups excluding carboxylic acids is 3. The minimum Gasteiger partial charge on any atom is -0.497 e. The van der Waals surface area contributed by atoms with Crippen LogP contribution in [0, 0.1) is 0 Å². The number of fused-ring (bicyclic) bond motifs is 2. The highest BCUT2D eigenvalue weighted by atomic mass is 16.5. The van der Waals surface area contributed by atoms with Crippen molar-refractivity contribution in [2.45, 2.75) is 43.9 Å². The number of rotatable bonds is 9. The van der Waals surface area contributed by atoms with E-state index >= 15 is 0 Å². The van der Waals surface area contributed by atoms with E-state index in [1.54, 1.807) is 61.5 Å². The van der Waals surface area contributed by atoms with Gasteiger partial charge >= 0.3 is 0 Å². The smallest absolute Gasteiger partial charge is 0.257 e. The lowest BCUT2D eigenvalue weighted by Gasteiger charge is -2.42. The lowest BCUT2D eigenvalue weighted by atomic mass is 9.94. The zero-order valence-corrected chi connectivity index (χ0v) is 24.3. The Labute approximate surface area is 246 Å². The molecule has 11 heteroatoms. The molecular weight excluding hydrogens is 540 g/mol. The minimum absolute atomic E-state index is 0.0227. The summed E-state index contributed by atoms with van der Waals surface area (Å²) in [6, 6.07) is 11.7. The first-order chi connectivity index (χ1) is 20.4. The van der Waals surface area contributed by atoms with Crippen molar-refractivity contribution in [3.05, 3.63) is 53.6 Å². The molecule has 3 aliphatic heterocycles. The van der Waals surface area contributed by atoms with Gasteiger partial charge in [0.15, 0.2) is 0 Å². The van der Waals surface area contributed by atoms with Gasteiger partial charge in [0.1, 0.15) is 24.2 Å². The Kier molecular flexibility index (Phi) is 9.93. The van der Waals surface area contributed by atoms with Gasteiger partial charge in [-0.05, 0) is 62.2 Å². The van der Waals surface area contributed by atoms with E-state index in [0.29, 0.717) is 47.7 Å². The molecule has 0 aromatic heterocycles. The second-order valence-corrected chi connectivity index (χ2v) is 10.9. The molecule has 3 amide bonds. The number of benzene rings is 2. The van der Waals surface area contributed by atoms with Crippen LogP contribution in [0.15, 0.2) is 42.5 Å². The third-order valence-electron chi connectivity index (χ3n) is 8.09. The van der Waals surface area contributed by atoms with E-state index < -0.39 is 0 Å². The molecule has 2 saturated heterocycles. The molecule has 2 aromatic carbocycles. The molecule has 42 heavy (non-hydrogen) atoms. The summed E-state index contributed by atoms with van der Waals surface area (Å²) < 4.78 is 23.0. The van der Waals surface area contributed by atoms with Crippen molar-refractivity contribution < 1.29 is 33.3 Å². The van der Waals surface area contributed by atoms with Crippen molar-refractivity contribution in [1.82, 2.24) is 15.1 Å². The number of carbonyl (C=O) groups is 3. The molecule has 0 unspecified atom stereocenters. The summed E-state index contributed by atoms with van der Waals surface area (Å²) in [6.07, 6.45) is 1.97. The molecule has 0 spiro atoms. The lowest BCUT2D eigenvalue weighted by Crippen LogP contribution is -2.54. The molecule has 0 saturated carbocycles. The fourth-order valence-corrected chi connectivity index (χ4v) is 5.71. The molecular formula is C31H40N4O7. The first-order valence-electron chi connectivity index (χ1n) is 14.6. The molecule has 5 rings (SSSR count). The van der Waals surface area contributed by atoms with Crippen molar-refractivity contribution in [1.29, 1.82) is 0 Å². The maximum Gasteiger partial charge on any atom is 0.257 e. The number of hydrogen-bond donors (Lipinski definition) is 2. The van der Waals surface area contributed by atoms with Crippen LogP contribution in [0.5, 0.6) is 11.5 Å². The number of nitrogens with one attached hydrogen (secondary N) is 2. The van der Waals surface area contributed by atoms with E-state index in [4.69, 9.17) is 18.9 Å². The van der Waals surface area contributed by atoms with Gasteiger partial charge in [0.2, 0.25) is 5.91 Å². The first kappa shape index (κ1) is 29.8. The van der Waals surface area contributed by atoms with Crippen LogP contribution in [0.25, 0.3) is 0 Å². The quantitative estimate of drug-likeness (QED) is 0.435. The van der Waals surface area contributed by atoms with Crippen LogP contribution in [-0.4, -0.2) is 106 Å². The number of amides is 3. The normalized spacial score (nSPS) is 22.6. The summed E-state index contributed by atoms with van der Waals surface area (Å²) in [7, 11) is 3.31. The van der Waals surface area contributed by atoms with Gasteiger partial charge in [-0.1, -0.05) is 6.07 Å². The summed E-state index contributed by atoms with van der Waals surface area (Å²) in [5, 5.41) is 5.87. The van der Waals surface area contributed by atoms with E-state index in [2.05, 4.69) is 15.5 Å². The third kappa shape index (κ3) is 7.39. The van der Waals surface area contributed by atoms with Crippen molar-refractivity contribution in [3.8, 4) is 11.5 Å². The van der Waals surface area contributed by atoms with Gasteiger partial charge in [-0.15, -0.1) is 0 Å². The number of ether oxygens (including phenoxy) is 4. The van der Waals surface area contributed by atoms with Crippen molar-refractivity contribution in [2.24, 2.45) is 0 Å². The Hall–Kier alpha value is -3.67. The second kappa shape index (κ2) is 14.0. The Bertz CT molecular complexity index is 1270. The monoisotopic (exact) mass is 580 g/mol. The van der Waals surface area contributed by atoms with Crippen LogP contribution >= 0.6 is 0 Å². The fourth-order valence-electron chi connectivity index (χ4n) is 5.71. The second-order valence-electron chi connectivity index (χ2n) is 10.9. The summed E-state index contributed by atoms with van der Waals surface area (Å²) in [6.45, 7) is 5.26. The fraction of sp³-hybridized carbons (Fsp3) is 0.516. The van der Waals surface area contributed by atoms with Crippen LogP contribution in [-0.2, 0) is 14.3 Å². The van der Waals surface area contributed by atoms with Gasteiger partial charge in [-0.2, -0.15) is 0 Å². The molecule has 2 N–H and O–H groups in total. The largest absolute Gasteiger partial charge is 0.497 e. The standard InChI is InChI=1S/C31H40N4O7/c1-34-26-9-8-24(19-29(36)32-11-4-12-35-13-15-40-16-14-35)42-28(26)20-41-27-10-7-22(18-25(27)31(34)38)33-30(37)21-5-3-6-23(17-21)39-2/h3,5-7,10,17-18,24,26,28H,4,8-9,11-16,19-20H2,1-2H3,(H,32,36)(H,33,37)/t24-,26+,28+/m0/s1. The average molecular weight is 581 g/mol. The Morgan fingerprint density at radius 1 is 1.10 bits per heavy atom. The summed E-state index contributed by atoms with van der Waals surface area (Å²) in [5.74, 6) is 0.461. The zero-order chi connectivity index (χ0) is 29.5. The maximum atomic E-state index is 13.5. The molecule has 3 atom stereocenters. The zero-order valence-electron chi connectivity index (χ0n) is 24.3. The van der Waals surface area contributed by atoms with Crippen LogP contribution in [0.4, 0.5) is 5.69 Å². The summed E-state index contributed by atoms with van der Waals surface area (Å²) in [5.41, 5.74) is 1.30. The van der Waals surface area contributed by atoms with Crippen molar-refractivity contribution in [2.75, 3.05) is 65.5 Å². The van der Waals surface area contributed by atoms with Crippen LogP contribution in [0.2, 0.25) is 0 Å². The van der Waals surface area contributed by atoms with Gasteiger partial charge < -0.3 is 34.5 Å². The predicted octanol–water partition coefficient (Wildman–Crippen LogP) is 2.56. The Morgan fingerprint density at radius 3 is 2.74 bits per heavy atom. The topological polar surface area (TPSA) is 119 Å². The van der Waals surface area contributed by atoms with E-state index in [1.807, 2.05) is 0 Å². The molecule has 11 nitrogen and oxygen atoms in total. The van der Waals surface area contributed by atoms with Gasteiger partial charge in [0.25, 0.3) is 11.8 Å². The lowest BCUT2D eigenvalue weighted by molar-refractivity contribution is -0.134. The Balaban J connectivity index is 1.15. The molecule has 2 fully saturated rings. The first-order valence-corrected chi connectivity index (χ1v) is 14.6. The summed E-state index contributed by atoms with van der Waals surface area (Å²) >= 11 is 0. The highest BCUT2D eigenvalue weighted by molar-refractivity contribution is 6.05.